The van der Waals surface area contributed by atoms with Crippen molar-refractivity contribution in [3.8, 4) is 0 Å². The van der Waals surface area contributed by atoms with Gasteiger partial charge in [0.1, 0.15) is 5.82 Å². The molecule has 0 aliphatic carbocycles. The van der Waals surface area contributed by atoms with Crippen LogP contribution in [-0.4, -0.2) is 12.3 Å². The second-order valence-electron chi connectivity index (χ2n) is 4.18. The summed E-state index contributed by atoms with van der Waals surface area (Å²) in [7, 11) is 0. The first kappa shape index (κ1) is 11.1. The van der Waals surface area contributed by atoms with E-state index in [2.05, 4.69) is 17.5 Å². The lowest BCUT2D eigenvalue weighted by Gasteiger charge is -2.11. The molecule has 16 heavy (non-hydrogen) atoms. The summed E-state index contributed by atoms with van der Waals surface area (Å²) in [5, 5.41) is 4.30. The Morgan fingerprint density at radius 2 is 2.38 bits per heavy atom. The Morgan fingerprint density at radius 3 is 3.12 bits per heavy atom. The number of hydrazone groups is 1. The number of rotatable bonds is 4. The van der Waals surface area contributed by atoms with Crippen molar-refractivity contribution in [3.63, 3.8) is 0 Å². The van der Waals surface area contributed by atoms with E-state index in [-0.39, 0.29) is 11.7 Å². The molecule has 1 atom stereocenters. The SMILES string of the molecule is CCCCC1=NNCC1c1cccc(F)c1. The predicted octanol–water partition coefficient (Wildman–Crippen LogP) is 3.06. The Hall–Kier alpha value is -1.38. The molecular formula is C13H17FN2. The Bertz CT molecular complexity index is 387. The van der Waals surface area contributed by atoms with E-state index in [4.69, 9.17) is 0 Å². The van der Waals surface area contributed by atoms with Crippen LogP contribution in [-0.2, 0) is 0 Å². The zero-order chi connectivity index (χ0) is 11.4. The van der Waals surface area contributed by atoms with Gasteiger partial charge < -0.3 is 5.43 Å². The molecule has 1 aliphatic rings. The van der Waals surface area contributed by atoms with Crippen molar-refractivity contribution in [2.24, 2.45) is 5.10 Å². The molecule has 0 spiro atoms. The standard InChI is InChI=1S/C13H17FN2/c1-2-3-7-13-12(9-15-16-13)10-5-4-6-11(14)8-10/h4-6,8,12,15H,2-3,7,9H2,1H3. The fourth-order valence-electron chi connectivity index (χ4n) is 2.06. The summed E-state index contributed by atoms with van der Waals surface area (Å²) in [6.07, 6.45) is 3.31. The molecule has 0 saturated heterocycles. The molecule has 2 rings (SSSR count). The summed E-state index contributed by atoms with van der Waals surface area (Å²) >= 11 is 0. The molecule has 0 fully saturated rings. The maximum Gasteiger partial charge on any atom is 0.123 e. The number of halogens is 1. The van der Waals surface area contributed by atoms with Gasteiger partial charge in [-0.25, -0.2) is 4.39 Å². The quantitative estimate of drug-likeness (QED) is 0.828. The molecule has 86 valence electrons. The minimum atomic E-state index is -0.167. The summed E-state index contributed by atoms with van der Waals surface area (Å²) in [5.41, 5.74) is 5.20. The van der Waals surface area contributed by atoms with Gasteiger partial charge in [0.2, 0.25) is 0 Å². The first-order chi connectivity index (χ1) is 7.81. The van der Waals surface area contributed by atoms with Gasteiger partial charge in [0.25, 0.3) is 0 Å². The van der Waals surface area contributed by atoms with Crippen LogP contribution in [0.5, 0.6) is 0 Å². The van der Waals surface area contributed by atoms with Crippen LogP contribution in [0.25, 0.3) is 0 Å². The second-order valence-corrected chi connectivity index (χ2v) is 4.18. The molecule has 1 heterocycles. The predicted molar refractivity (Wildman–Crippen MR) is 64.1 cm³/mol. The van der Waals surface area contributed by atoms with E-state index in [1.807, 2.05) is 6.07 Å². The zero-order valence-corrected chi connectivity index (χ0v) is 9.54. The molecule has 0 bridgehead atoms. The van der Waals surface area contributed by atoms with Gasteiger partial charge in [-0.1, -0.05) is 25.5 Å². The zero-order valence-electron chi connectivity index (χ0n) is 9.54. The number of nitrogens with zero attached hydrogens (tertiary/aromatic N) is 1. The Balaban J connectivity index is 2.12. The summed E-state index contributed by atoms with van der Waals surface area (Å²) in [4.78, 5) is 0. The van der Waals surface area contributed by atoms with Crippen LogP contribution >= 0.6 is 0 Å². The molecule has 1 aliphatic heterocycles. The summed E-state index contributed by atoms with van der Waals surface area (Å²) in [6.45, 7) is 2.96. The van der Waals surface area contributed by atoms with Crippen molar-refractivity contribution in [1.82, 2.24) is 5.43 Å². The summed E-state index contributed by atoms with van der Waals surface area (Å²) in [6, 6.07) is 6.83. The summed E-state index contributed by atoms with van der Waals surface area (Å²) < 4.78 is 13.1. The van der Waals surface area contributed by atoms with E-state index in [0.717, 1.165) is 37.1 Å². The lowest BCUT2D eigenvalue weighted by atomic mass is 9.92. The highest BCUT2D eigenvalue weighted by atomic mass is 19.1. The van der Waals surface area contributed by atoms with Crippen LogP contribution in [0.1, 0.15) is 37.7 Å². The van der Waals surface area contributed by atoms with Gasteiger partial charge in [-0.3, -0.25) is 0 Å². The fourth-order valence-corrected chi connectivity index (χ4v) is 2.06. The van der Waals surface area contributed by atoms with Crippen molar-refractivity contribution < 1.29 is 4.39 Å². The Morgan fingerprint density at radius 1 is 1.50 bits per heavy atom. The van der Waals surface area contributed by atoms with Crippen molar-refractivity contribution in [1.29, 1.82) is 0 Å². The fraction of sp³-hybridized carbons (Fsp3) is 0.462. The largest absolute Gasteiger partial charge is 0.309 e. The molecule has 3 heteroatoms. The molecule has 1 N–H and O–H groups in total. The van der Waals surface area contributed by atoms with E-state index >= 15 is 0 Å². The maximum absolute atomic E-state index is 13.1. The lowest BCUT2D eigenvalue weighted by molar-refractivity contribution is 0.623. The normalized spacial score (nSPS) is 19.4. The number of unbranched alkanes of at least 4 members (excludes halogenated alkanes) is 1. The van der Waals surface area contributed by atoms with Gasteiger partial charge in [-0.15, -0.1) is 0 Å². The Labute approximate surface area is 95.6 Å². The average molecular weight is 220 g/mol. The molecule has 0 saturated carbocycles. The van der Waals surface area contributed by atoms with Crippen LogP contribution < -0.4 is 5.43 Å². The van der Waals surface area contributed by atoms with Crippen molar-refractivity contribution in [2.75, 3.05) is 6.54 Å². The molecule has 0 aromatic heterocycles. The van der Waals surface area contributed by atoms with E-state index in [1.165, 1.54) is 6.07 Å². The van der Waals surface area contributed by atoms with E-state index in [0.29, 0.717) is 0 Å². The highest BCUT2D eigenvalue weighted by Crippen LogP contribution is 2.23. The first-order valence-corrected chi connectivity index (χ1v) is 5.86. The topological polar surface area (TPSA) is 24.4 Å². The third-order valence-corrected chi connectivity index (χ3v) is 2.96. The van der Waals surface area contributed by atoms with E-state index in [9.17, 15) is 4.39 Å². The molecule has 1 aromatic rings. The molecule has 1 aromatic carbocycles. The molecule has 1 unspecified atom stereocenters. The number of hydrogen-bond acceptors (Lipinski definition) is 2. The van der Waals surface area contributed by atoms with Crippen LogP contribution in [0.15, 0.2) is 29.4 Å². The third-order valence-electron chi connectivity index (χ3n) is 2.96. The van der Waals surface area contributed by atoms with Gasteiger partial charge in [0.15, 0.2) is 0 Å². The molecular weight excluding hydrogens is 203 g/mol. The molecule has 0 radical (unpaired) electrons. The third kappa shape index (κ3) is 2.40. The average Bonchev–Trinajstić information content (AvgIpc) is 2.74. The lowest BCUT2D eigenvalue weighted by Crippen LogP contribution is -2.13. The van der Waals surface area contributed by atoms with Crippen LogP contribution in [0, 0.1) is 5.82 Å². The highest BCUT2D eigenvalue weighted by molar-refractivity contribution is 5.92. The molecule has 2 nitrogen and oxygen atoms in total. The highest BCUT2D eigenvalue weighted by Gasteiger charge is 2.22. The summed E-state index contributed by atoms with van der Waals surface area (Å²) in [5.74, 6) is 0.0847. The van der Waals surface area contributed by atoms with Crippen LogP contribution in [0.2, 0.25) is 0 Å². The van der Waals surface area contributed by atoms with Crippen LogP contribution in [0.3, 0.4) is 0 Å². The van der Waals surface area contributed by atoms with Gasteiger partial charge in [0, 0.05) is 18.2 Å². The minimum Gasteiger partial charge on any atom is -0.309 e. The number of hydrogen-bond donors (Lipinski definition) is 1. The van der Waals surface area contributed by atoms with E-state index in [1.54, 1.807) is 12.1 Å². The second kappa shape index (κ2) is 5.10. The smallest absolute Gasteiger partial charge is 0.123 e. The van der Waals surface area contributed by atoms with Crippen molar-refractivity contribution >= 4 is 5.71 Å². The van der Waals surface area contributed by atoms with Gasteiger partial charge >= 0.3 is 0 Å². The van der Waals surface area contributed by atoms with Gasteiger partial charge in [0.05, 0.1) is 0 Å². The monoisotopic (exact) mass is 220 g/mol. The maximum atomic E-state index is 13.1. The minimum absolute atomic E-state index is 0.167. The van der Waals surface area contributed by atoms with E-state index < -0.39 is 0 Å². The van der Waals surface area contributed by atoms with Crippen LogP contribution in [0.4, 0.5) is 4.39 Å². The van der Waals surface area contributed by atoms with Gasteiger partial charge in [-0.2, -0.15) is 5.10 Å². The Kier molecular flexibility index (Phi) is 3.54. The first-order valence-electron chi connectivity index (χ1n) is 5.86. The number of benzene rings is 1. The van der Waals surface area contributed by atoms with Crippen molar-refractivity contribution in [2.45, 2.75) is 32.1 Å². The molecule has 0 amide bonds. The van der Waals surface area contributed by atoms with Crippen molar-refractivity contribution in [3.05, 3.63) is 35.6 Å². The number of nitrogens with one attached hydrogen (secondary N) is 1. The van der Waals surface area contributed by atoms with Gasteiger partial charge in [-0.05, 0) is 30.5 Å².